The molecule has 6 heteroatoms. The Labute approximate surface area is 109 Å². The van der Waals surface area contributed by atoms with Gasteiger partial charge >= 0.3 is 5.97 Å². The highest BCUT2D eigenvalue weighted by molar-refractivity contribution is 5.78. The third-order valence-electron chi connectivity index (χ3n) is 2.75. The van der Waals surface area contributed by atoms with Gasteiger partial charge in [0, 0.05) is 12.7 Å². The van der Waals surface area contributed by atoms with E-state index < -0.39 is 17.8 Å². The van der Waals surface area contributed by atoms with E-state index >= 15 is 0 Å². The number of aryl methyl sites for hydroxylation is 2. The van der Waals surface area contributed by atoms with Crippen LogP contribution in [0.1, 0.15) is 17.3 Å². The molecule has 0 spiro atoms. The Kier molecular flexibility index (Phi) is 3.50. The van der Waals surface area contributed by atoms with Crippen LogP contribution in [0.25, 0.3) is 0 Å². The van der Waals surface area contributed by atoms with Gasteiger partial charge in [-0.2, -0.15) is 0 Å². The Hall–Kier alpha value is -2.37. The van der Waals surface area contributed by atoms with E-state index in [-0.39, 0.29) is 0 Å². The predicted octanol–water partition coefficient (Wildman–Crippen LogP) is 2.11. The van der Waals surface area contributed by atoms with Crippen molar-refractivity contribution in [3.05, 3.63) is 47.8 Å². The first-order valence-corrected chi connectivity index (χ1v) is 5.70. The van der Waals surface area contributed by atoms with Gasteiger partial charge in [-0.1, -0.05) is 0 Å². The zero-order valence-electron chi connectivity index (χ0n) is 10.6. The van der Waals surface area contributed by atoms with Gasteiger partial charge < -0.3 is 15.0 Å². The number of rotatable bonds is 4. The molecule has 0 bridgehead atoms. The SMILES string of the molecule is Cc1cc(F)cc(NC(C(=O)O)c2cncn2C)c1. The quantitative estimate of drug-likeness (QED) is 0.886. The number of anilines is 1. The van der Waals surface area contributed by atoms with Crippen LogP contribution in [0.4, 0.5) is 10.1 Å². The second kappa shape index (κ2) is 5.09. The van der Waals surface area contributed by atoms with Crippen LogP contribution >= 0.6 is 0 Å². The maximum Gasteiger partial charge on any atom is 0.332 e. The van der Waals surface area contributed by atoms with Gasteiger partial charge in [0.2, 0.25) is 0 Å². The zero-order chi connectivity index (χ0) is 14.0. The molecule has 19 heavy (non-hydrogen) atoms. The van der Waals surface area contributed by atoms with E-state index in [1.165, 1.54) is 24.7 Å². The fraction of sp³-hybridized carbons (Fsp3) is 0.231. The lowest BCUT2D eigenvalue weighted by atomic mass is 10.1. The molecule has 0 radical (unpaired) electrons. The molecule has 1 heterocycles. The van der Waals surface area contributed by atoms with E-state index in [0.29, 0.717) is 11.4 Å². The lowest BCUT2D eigenvalue weighted by Gasteiger charge is -2.16. The topological polar surface area (TPSA) is 67.2 Å². The van der Waals surface area contributed by atoms with Crippen molar-refractivity contribution in [1.29, 1.82) is 0 Å². The normalized spacial score (nSPS) is 12.2. The van der Waals surface area contributed by atoms with Crippen LogP contribution in [0.3, 0.4) is 0 Å². The molecule has 1 aromatic heterocycles. The molecule has 100 valence electrons. The Balaban J connectivity index is 2.32. The first kappa shape index (κ1) is 13.1. The Morgan fingerprint density at radius 1 is 1.47 bits per heavy atom. The number of benzene rings is 1. The number of hydrogen-bond donors (Lipinski definition) is 2. The molecule has 0 aliphatic heterocycles. The van der Waals surface area contributed by atoms with Gasteiger partial charge in [0.1, 0.15) is 5.82 Å². The summed E-state index contributed by atoms with van der Waals surface area (Å²) in [4.78, 5) is 15.2. The molecule has 1 aromatic carbocycles. The van der Waals surface area contributed by atoms with E-state index in [4.69, 9.17) is 0 Å². The number of nitrogens with one attached hydrogen (secondary N) is 1. The van der Waals surface area contributed by atoms with Crippen molar-refractivity contribution in [3.63, 3.8) is 0 Å². The van der Waals surface area contributed by atoms with Crippen LogP contribution in [0.15, 0.2) is 30.7 Å². The largest absolute Gasteiger partial charge is 0.479 e. The summed E-state index contributed by atoms with van der Waals surface area (Å²) in [6.45, 7) is 1.74. The summed E-state index contributed by atoms with van der Waals surface area (Å²) in [6.07, 6.45) is 2.99. The highest BCUT2D eigenvalue weighted by Crippen LogP contribution is 2.21. The van der Waals surface area contributed by atoms with E-state index in [0.717, 1.165) is 5.56 Å². The molecule has 0 aliphatic rings. The monoisotopic (exact) mass is 263 g/mol. The third-order valence-corrected chi connectivity index (χ3v) is 2.75. The van der Waals surface area contributed by atoms with Crippen LogP contribution in [-0.4, -0.2) is 20.6 Å². The van der Waals surface area contributed by atoms with Crippen molar-refractivity contribution in [1.82, 2.24) is 9.55 Å². The molecule has 1 atom stereocenters. The molecular weight excluding hydrogens is 249 g/mol. The Bertz CT molecular complexity index is 589. The highest BCUT2D eigenvalue weighted by Gasteiger charge is 2.22. The van der Waals surface area contributed by atoms with Crippen LogP contribution in [-0.2, 0) is 11.8 Å². The molecule has 2 aromatic rings. The van der Waals surface area contributed by atoms with E-state index in [1.807, 2.05) is 0 Å². The summed E-state index contributed by atoms with van der Waals surface area (Å²) in [6, 6.07) is 3.36. The van der Waals surface area contributed by atoms with Gasteiger partial charge in [0.25, 0.3) is 0 Å². The molecule has 0 aliphatic carbocycles. The minimum absolute atomic E-state index is 0.406. The van der Waals surface area contributed by atoms with Crippen molar-refractivity contribution in [2.24, 2.45) is 7.05 Å². The number of halogens is 1. The molecule has 2 N–H and O–H groups in total. The van der Waals surface area contributed by atoms with E-state index in [9.17, 15) is 14.3 Å². The fourth-order valence-corrected chi connectivity index (χ4v) is 1.89. The van der Waals surface area contributed by atoms with Gasteiger partial charge in [-0.3, -0.25) is 0 Å². The molecule has 1 unspecified atom stereocenters. The lowest BCUT2D eigenvalue weighted by Crippen LogP contribution is -2.22. The summed E-state index contributed by atoms with van der Waals surface area (Å²) in [5, 5.41) is 12.1. The summed E-state index contributed by atoms with van der Waals surface area (Å²) in [7, 11) is 1.71. The van der Waals surface area contributed by atoms with Gasteiger partial charge in [0.05, 0.1) is 18.2 Å². The number of hydrogen-bond acceptors (Lipinski definition) is 3. The van der Waals surface area contributed by atoms with Crippen molar-refractivity contribution in [2.45, 2.75) is 13.0 Å². The van der Waals surface area contributed by atoms with E-state index in [2.05, 4.69) is 10.3 Å². The summed E-state index contributed by atoms with van der Waals surface area (Å²) >= 11 is 0. The average molecular weight is 263 g/mol. The number of carboxylic acid groups (broad SMARTS) is 1. The van der Waals surface area contributed by atoms with Crippen molar-refractivity contribution in [2.75, 3.05) is 5.32 Å². The van der Waals surface area contributed by atoms with Crippen LogP contribution in [0, 0.1) is 12.7 Å². The van der Waals surface area contributed by atoms with Crippen molar-refractivity contribution in [3.8, 4) is 0 Å². The smallest absolute Gasteiger partial charge is 0.332 e. The van der Waals surface area contributed by atoms with Gasteiger partial charge in [0.15, 0.2) is 6.04 Å². The first-order chi connectivity index (χ1) is 8.97. The van der Waals surface area contributed by atoms with Crippen LogP contribution in [0.2, 0.25) is 0 Å². The second-order valence-corrected chi connectivity index (χ2v) is 4.36. The van der Waals surface area contributed by atoms with Crippen LogP contribution in [0.5, 0.6) is 0 Å². The first-order valence-electron chi connectivity index (χ1n) is 5.70. The average Bonchev–Trinajstić information content (AvgIpc) is 2.70. The zero-order valence-corrected chi connectivity index (χ0v) is 10.6. The molecule has 0 saturated carbocycles. The summed E-state index contributed by atoms with van der Waals surface area (Å²) in [5.74, 6) is -1.46. The molecule has 2 rings (SSSR count). The molecule has 0 saturated heterocycles. The lowest BCUT2D eigenvalue weighted by molar-refractivity contribution is -0.138. The number of imidazole rings is 1. The van der Waals surface area contributed by atoms with Crippen molar-refractivity contribution < 1.29 is 14.3 Å². The maximum absolute atomic E-state index is 13.3. The number of aromatic nitrogens is 2. The van der Waals surface area contributed by atoms with Gasteiger partial charge in [-0.25, -0.2) is 14.2 Å². The third kappa shape index (κ3) is 2.90. The number of aliphatic carboxylic acids is 1. The molecule has 0 amide bonds. The Morgan fingerprint density at radius 2 is 2.21 bits per heavy atom. The van der Waals surface area contributed by atoms with E-state index in [1.54, 1.807) is 24.6 Å². The fourth-order valence-electron chi connectivity index (χ4n) is 1.89. The standard InChI is InChI=1S/C13H14FN3O2/c1-8-3-9(14)5-10(4-8)16-12(13(18)19)11-6-15-7-17(11)2/h3-7,12,16H,1-2H3,(H,18,19). The number of carbonyl (C=O) groups is 1. The summed E-state index contributed by atoms with van der Waals surface area (Å²) in [5.41, 5.74) is 1.64. The minimum atomic E-state index is -1.05. The molecule has 5 nitrogen and oxygen atoms in total. The Morgan fingerprint density at radius 3 is 2.74 bits per heavy atom. The number of nitrogens with zero attached hydrogens (tertiary/aromatic N) is 2. The minimum Gasteiger partial charge on any atom is -0.479 e. The summed E-state index contributed by atoms with van der Waals surface area (Å²) < 4.78 is 14.9. The van der Waals surface area contributed by atoms with Gasteiger partial charge in [-0.15, -0.1) is 0 Å². The molecule has 0 fully saturated rings. The molecular formula is C13H14FN3O2. The predicted molar refractivity (Wildman–Crippen MR) is 68.3 cm³/mol. The maximum atomic E-state index is 13.3. The number of carboxylic acids is 1. The van der Waals surface area contributed by atoms with Gasteiger partial charge in [-0.05, 0) is 30.7 Å². The highest BCUT2D eigenvalue weighted by atomic mass is 19.1. The second-order valence-electron chi connectivity index (χ2n) is 4.36. The van der Waals surface area contributed by atoms with Crippen molar-refractivity contribution >= 4 is 11.7 Å². The van der Waals surface area contributed by atoms with Crippen LogP contribution < -0.4 is 5.32 Å².